The number of benzene rings is 1. The van der Waals surface area contributed by atoms with Crippen molar-refractivity contribution in [2.45, 2.75) is 25.7 Å². The lowest BCUT2D eigenvalue weighted by molar-refractivity contribution is 0.205. The monoisotopic (exact) mass is 218 g/mol. The highest BCUT2D eigenvalue weighted by atomic mass is 16.5. The number of nitrogens with zero attached hydrogens (tertiary/aromatic N) is 1. The van der Waals surface area contributed by atoms with Gasteiger partial charge in [-0.1, -0.05) is 18.6 Å². The number of hydrogen-bond acceptors (Lipinski definition) is 2. The molecule has 0 N–H and O–H groups in total. The second-order valence-corrected chi connectivity index (χ2v) is 4.34. The van der Waals surface area contributed by atoms with E-state index in [-0.39, 0.29) is 0 Å². The van der Waals surface area contributed by atoms with Crippen LogP contribution in [0.1, 0.15) is 25.7 Å². The van der Waals surface area contributed by atoms with Crippen molar-refractivity contribution < 1.29 is 4.74 Å². The first-order chi connectivity index (χ1) is 7.95. The second-order valence-electron chi connectivity index (χ2n) is 4.34. The largest absolute Gasteiger partial charge is 0.494 e. The van der Waals surface area contributed by atoms with Crippen LogP contribution in [0.5, 0.6) is 5.75 Å². The van der Waals surface area contributed by atoms with Gasteiger partial charge in [-0.3, -0.25) is 0 Å². The van der Waals surface area contributed by atoms with Crippen molar-refractivity contribution in [1.82, 2.24) is 4.90 Å². The highest BCUT2D eigenvalue weighted by Gasteiger charge is 2.08. The summed E-state index contributed by atoms with van der Waals surface area (Å²) in [5.41, 5.74) is 0. The molecule has 1 heterocycles. The van der Waals surface area contributed by atoms with Gasteiger partial charge in [-0.15, -0.1) is 0 Å². The maximum atomic E-state index is 5.64. The van der Waals surface area contributed by atoms with Crippen LogP contribution in [0.4, 0.5) is 0 Å². The minimum absolute atomic E-state index is 0.814. The number of rotatable bonds is 5. The molecule has 1 radical (unpaired) electrons. The van der Waals surface area contributed by atoms with E-state index >= 15 is 0 Å². The molecule has 1 fully saturated rings. The first-order valence-electron chi connectivity index (χ1n) is 6.26. The van der Waals surface area contributed by atoms with Crippen LogP contribution < -0.4 is 4.74 Å². The third-order valence-corrected chi connectivity index (χ3v) is 3.01. The molecule has 1 saturated heterocycles. The van der Waals surface area contributed by atoms with Gasteiger partial charge >= 0.3 is 0 Å². The predicted octanol–water partition coefficient (Wildman–Crippen LogP) is 2.74. The van der Waals surface area contributed by atoms with E-state index in [2.05, 4.69) is 11.0 Å². The SMILES string of the molecule is [c]1cccc(OCCCN2CCCCC2)c1. The van der Waals surface area contributed by atoms with E-state index in [4.69, 9.17) is 4.74 Å². The average molecular weight is 218 g/mol. The fraction of sp³-hybridized carbons (Fsp3) is 0.571. The molecular weight excluding hydrogens is 198 g/mol. The zero-order valence-electron chi connectivity index (χ0n) is 9.82. The molecule has 0 aromatic heterocycles. The van der Waals surface area contributed by atoms with Gasteiger partial charge in [0.2, 0.25) is 0 Å². The van der Waals surface area contributed by atoms with Crippen molar-refractivity contribution in [3.05, 3.63) is 30.3 Å². The lowest BCUT2D eigenvalue weighted by Gasteiger charge is -2.26. The Hall–Kier alpha value is -1.02. The van der Waals surface area contributed by atoms with E-state index in [0.717, 1.165) is 18.8 Å². The Labute approximate surface area is 98.2 Å². The van der Waals surface area contributed by atoms with Crippen molar-refractivity contribution in [3.8, 4) is 5.75 Å². The van der Waals surface area contributed by atoms with Crippen molar-refractivity contribution in [3.63, 3.8) is 0 Å². The number of ether oxygens (including phenoxy) is 1. The highest BCUT2D eigenvalue weighted by Crippen LogP contribution is 2.10. The normalized spacial score (nSPS) is 17.2. The van der Waals surface area contributed by atoms with Gasteiger partial charge < -0.3 is 9.64 Å². The fourth-order valence-electron chi connectivity index (χ4n) is 2.13. The quantitative estimate of drug-likeness (QED) is 0.705. The maximum absolute atomic E-state index is 5.64. The topological polar surface area (TPSA) is 12.5 Å². The summed E-state index contributed by atoms with van der Waals surface area (Å²) in [4.78, 5) is 2.55. The van der Waals surface area contributed by atoms with Crippen molar-refractivity contribution in [1.29, 1.82) is 0 Å². The summed E-state index contributed by atoms with van der Waals surface area (Å²) in [6, 6.07) is 10.7. The van der Waals surface area contributed by atoms with Crippen LogP contribution in [0.3, 0.4) is 0 Å². The standard InChI is InChI=1S/C14H20NO/c1-3-8-14(9-4-1)16-13-7-12-15-10-5-2-6-11-15/h1,3,8-9H,2,5-7,10-13H2. The van der Waals surface area contributed by atoms with Crippen LogP contribution in [-0.4, -0.2) is 31.1 Å². The molecule has 0 amide bonds. The molecule has 87 valence electrons. The molecule has 1 aliphatic rings. The zero-order chi connectivity index (χ0) is 11.1. The Morgan fingerprint density at radius 2 is 2.12 bits per heavy atom. The maximum Gasteiger partial charge on any atom is 0.119 e. The number of hydrogen-bond donors (Lipinski definition) is 0. The molecule has 0 aliphatic carbocycles. The lowest BCUT2D eigenvalue weighted by atomic mass is 10.1. The summed E-state index contributed by atoms with van der Waals surface area (Å²) in [7, 11) is 0. The average Bonchev–Trinajstić information content (AvgIpc) is 2.37. The van der Waals surface area contributed by atoms with Crippen molar-refractivity contribution >= 4 is 0 Å². The summed E-state index contributed by atoms with van der Waals surface area (Å²) < 4.78 is 5.64. The number of likely N-dealkylation sites (tertiary alicyclic amines) is 1. The van der Waals surface area contributed by atoms with Gasteiger partial charge in [0.15, 0.2) is 0 Å². The summed E-state index contributed by atoms with van der Waals surface area (Å²) >= 11 is 0. The van der Waals surface area contributed by atoms with Gasteiger partial charge in [0.05, 0.1) is 6.61 Å². The van der Waals surface area contributed by atoms with Gasteiger partial charge in [0.25, 0.3) is 0 Å². The summed E-state index contributed by atoms with van der Waals surface area (Å²) in [6.07, 6.45) is 5.27. The summed E-state index contributed by atoms with van der Waals surface area (Å²) in [5, 5.41) is 0. The smallest absolute Gasteiger partial charge is 0.119 e. The molecule has 2 rings (SSSR count). The molecule has 0 bridgehead atoms. The molecule has 0 unspecified atom stereocenters. The Morgan fingerprint density at radius 1 is 1.25 bits per heavy atom. The van der Waals surface area contributed by atoms with Gasteiger partial charge in [-0.05, 0) is 50.6 Å². The Kier molecular flexibility index (Phi) is 4.69. The summed E-state index contributed by atoms with van der Waals surface area (Å²) in [6.45, 7) is 4.54. The minimum Gasteiger partial charge on any atom is -0.494 e. The predicted molar refractivity (Wildman–Crippen MR) is 65.7 cm³/mol. The third kappa shape index (κ3) is 3.86. The van der Waals surface area contributed by atoms with Crippen LogP contribution in [0.25, 0.3) is 0 Å². The van der Waals surface area contributed by atoms with E-state index < -0.39 is 0 Å². The van der Waals surface area contributed by atoms with Crippen LogP contribution in [0.2, 0.25) is 0 Å². The van der Waals surface area contributed by atoms with Crippen LogP contribution in [-0.2, 0) is 0 Å². The zero-order valence-corrected chi connectivity index (χ0v) is 9.82. The molecule has 1 aromatic carbocycles. The molecule has 0 spiro atoms. The van der Waals surface area contributed by atoms with E-state index in [1.54, 1.807) is 0 Å². The first kappa shape index (κ1) is 11.5. The van der Waals surface area contributed by atoms with Crippen LogP contribution >= 0.6 is 0 Å². The lowest BCUT2D eigenvalue weighted by Crippen LogP contribution is -2.31. The van der Waals surface area contributed by atoms with Gasteiger partial charge in [-0.25, -0.2) is 0 Å². The van der Waals surface area contributed by atoms with E-state index in [1.165, 1.54) is 38.9 Å². The van der Waals surface area contributed by atoms with Crippen molar-refractivity contribution in [2.24, 2.45) is 0 Å². The van der Waals surface area contributed by atoms with Gasteiger partial charge in [0.1, 0.15) is 5.75 Å². The fourth-order valence-corrected chi connectivity index (χ4v) is 2.13. The van der Waals surface area contributed by atoms with E-state index in [9.17, 15) is 0 Å². The first-order valence-corrected chi connectivity index (χ1v) is 6.26. The third-order valence-electron chi connectivity index (χ3n) is 3.01. The molecular formula is C14H20NO. The van der Waals surface area contributed by atoms with Gasteiger partial charge in [-0.2, -0.15) is 0 Å². The molecule has 0 saturated carbocycles. The highest BCUT2D eigenvalue weighted by molar-refractivity contribution is 5.19. The Bertz CT molecular complexity index is 280. The van der Waals surface area contributed by atoms with Gasteiger partial charge in [0, 0.05) is 6.54 Å². The van der Waals surface area contributed by atoms with Crippen LogP contribution in [0.15, 0.2) is 24.3 Å². The molecule has 2 heteroatoms. The molecule has 0 atom stereocenters. The number of piperidine rings is 1. The van der Waals surface area contributed by atoms with Crippen molar-refractivity contribution in [2.75, 3.05) is 26.2 Å². The van der Waals surface area contributed by atoms with E-state index in [1.807, 2.05) is 24.3 Å². The Balaban J connectivity index is 1.58. The molecule has 1 aliphatic heterocycles. The minimum atomic E-state index is 0.814. The molecule has 2 nitrogen and oxygen atoms in total. The molecule has 1 aromatic rings. The van der Waals surface area contributed by atoms with Crippen LogP contribution in [0, 0.1) is 6.07 Å². The second kappa shape index (κ2) is 6.54. The summed E-state index contributed by atoms with van der Waals surface area (Å²) in [5.74, 6) is 0.932. The Morgan fingerprint density at radius 3 is 2.88 bits per heavy atom. The van der Waals surface area contributed by atoms with E-state index in [0.29, 0.717) is 0 Å². The molecule has 16 heavy (non-hydrogen) atoms.